The van der Waals surface area contributed by atoms with E-state index in [0.29, 0.717) is 6.42 Å². The van der Waals surface area contributed by atoms with Crippen LogP contribution in [0.2, 0.25) is 0 Å². The van der Waals surface area contributed by atoms with Crippen LogP contribution in [0.15, 0.2) is 66.0 Å². The summed E-state index contributed by atoms with van der Waals surface area (Å²) in [5, 5.41) is 5.81. The topological polar surface area (TPSA) is 59.4 Å². The first-order valence-electron chi connectivity index (χ1n) is 10.1. The minimum Gasteiger partial charge on any atom is -0.485 e. The first-order chi connectivity index (χ1) is 14.7. The summed E-state index contributed by atoms with van der Waals surface area (Å²) in [5.74, 6) is 1.60. The molecule has 0 fully saturated rings. The first kappa shape index (κ1) is 18.8. The second kappa shape index (κ2) is 7.88. The van der Waals surface area contributed by atoms with Gasteiger partial charge in [-0.15, -0.1) is 11.3 Å². The quantitative estimate of drug-likeness (QED) is 0.422. The number of ether oxygens (including phenoxy) is 1. The van der Waals surface area contributed by atoms with E-state index in [1.807, 2.05) is 24.3 Å². The Morgan fingerprint density at radius 2 is 2.00 bits per heavy atom. The number of aromatic nitrogens is 2. The monoisotopic (exact) mass is 414 g/mol. The highest BCUT2D eigenvalue weighted by atomic mass is 32.1. The Morgan fingerprint density at radius 3 is 2.83 bits per heavy atom. The summed E-state index contributed by atoms with van der Waals surface area (Å²) < 4.78 is 6.31. The molecule has 1 aliphatic heterocycles. The number of rotatable bonds is 4. The molecule has 0 spiro atoms. The molecule has 30 heavy (non-hydrogen) atoms. The molecular formula is C24H22N4OS. The zero-order valence-electron chi connectivity index (χ0n) is 16.9. The molecule has 4 aromatic rings. The summed E-state index contributed by atoms with van der Waals surface area (Å²) in [7, 11) is 0. The molecule has 0 saturated heterocycles. The zero-order chi connectivity index (χ0) is 20.5. The summed E-state index contributed by atoms with van der Waals surface area (Å²) in [6, 6.07) is 18.7. The summed E-state index contributed by atoms with van der Waals surface area (Å²) in [6.45, 7) is 4.23. The maximum Gasteiger partial charge on any atom is 0.158 e. The number of hydrazone groups is 1. The molecule has 0 unspecified atom stereocenters. The van der Waals surface area contributed by atoms with Gasteiger partial charge in [-0.2, -0.15) is 5.10 Å². The smallest absolute Gasteiger partial charge is 0.158 e. The number of thiophene rings is 1. The van der Waals surface area contributed by atoms with Crippen LogP contribution < -0.4 is 10.2 Å². The Labute approximate surface area is 179 Å². The molecule has 6 heteroatoms. The molecule has 0 amide bonds. The van der Waals surface area contributed by atoms with Crippen LogP contribution in [0.3, 0.4) is 0 Å². The fourth-order valence-electron chi connectivity index (χ4n) is 3.70. The van der Waals surface area contributed by atoms with Gasteiger partial charge in [0, 0.05) is 16.9 Å². The van der Waals surface area contributed by atoms with Crippen molar-refractivity contribution >= 4 is 33.1 Å². The van der Waals surface area contributed by atoms with Crippen LogP contribution in [0.25, 0.3) is 10.2 Å². The van der Waals surface area contributed by atoms with Gasteiger partial charge in [-0.3, -0.25) is 5.43 Å². The van der Waals surface area contributed by atoms with E-state index in [9.17, 15) is 0 Å². The van der Waals surface area contributed by atoms with E-state index in [1.165, 1.54) is 10.4 Å². The molecule has 2 aromatic heterocycles. The van der Waals surface area contributed by atoms with Gasteiger partial charge in [0.1, 0.15) is 23.0 Å². The number of nitrogens with one attached hydrogen (secondary N) is 1. The molecule has 2 aromatic carbocycles. The van der Waals surface area contributed by atoms with Gasteiger partial charge in [-0.25, -0.2) is 9.97 Å². The van der Waals surface area contributed by atoms with Gasteiger partial charge in [0.25, 0.3) is 0 Å². The van der Waals surface area contributed by atoms with Crippen molar-refractivity contribution in [2.75, 3.05) is 5.43 Å². The van der Waals surface area contributed by atoms with Crippen LogP contribution in [0.4, 0.5) is 5.82 Å². The van der Waals surface area contributed by atoms with E-state index >= 15 is 0 Å². The normalized spacial score (nSPS) is 17.0. The van der Waals surface area contributed by atoms with E-state index < -0.39 is 0 Å². The second-order valence-corrected chi connectivity index (χ2v) is 8.51. The third-order valence-corrected chi connectivity index (χ3v) is 6.48. The van der Waals surface area contributed by atoms with E-state index in [-0.39, 0.29) is 6.10 Å². The van der Waals surface area contributed by atoms with Crippen LogP contribution in [0, 0.1) is 6.92 Å². The van der Waals surface area contributed by atoms with Crippen LogP contribution in [-0.4, -0.2) is 15.7 Å². The second-order valence-electron chi connectivity index (χ2n) is 7.40. The van der Waals surface area contributed by atoms with E-state index in [1.54, 1.807) is 17.7 Å². The lowest BCUT2D eigenvalue weighted by molar-refractivity contribution is 0.206. The minimum absolute atomic E-state index is 0.0692. The van der Waals surface area contributed by atoms with Gasteiger partial charge < -0.3 is 4.74 Å². The molecule has 1 atom stereocenters. The van der Waals surface area contributed by atoms with Crippen molar-refractivity contribution in [3.63, 3.8) is 0 Å². The molecule has 3 heterocycles. The van der Waals surface area contributed by atoms with Crippen molar-refractivity contribution in [3.05, 3.63) is 82.5 Å². The van der Waals surface area contributed by atoms with Crippen molar-refractivity contribution in [1.82, 2.24) is 9.97 Å². The summed E-state index contributed by atoms with van der Waals surface area (Å²) in [6.07, 6.45) is 3.19. The number of benzene rings is 2. The van der Waals surface area contributed by atoms with Crippen molar-refractivity contribution in [2.45, 2.75) is 32.8 Å². The highest BCUT2D eigenvalue weighted by Crippen LogP contribution is 2.36. The Hall–Kier alpha value is -3.25. The number of fused-ring (bicyclic) bond motifs is 2. The summed E-state index contributed by atoms with van der Waals surface area (Å²) in [5.41, 5.74) is 7.53. The number of hydrogen-bond donors (Lipinski definition) is 1. The zero-order valence-corrected chi connectivity index (χ0v) is 17.7. The lowest BCUT2D eigenvalue weighted by Gasteiger charge is -2.28. The SMILES string of the molecule is CCc1cc2c(N/N=C3/C[C@H](c4ccccc4)Oc4ccc(C)cc43)ncnc2s1. The molecule has 0 radical (unpaired) electrons. The fourth-order valence-corrected chi connectivity index (χ4v) is 4.64. The van der Waals surface area contributed by atoms with Crippen molar-refractivity contribution in [2.24, 2.45) is 5.10 Å². The maximum atomic E-state index is 6.31. The fraction of sp³-hybridized carbons (Fsp3) is 0.208. The van der Waals surface area contributed by atoms with Gasteiger partial charge in [0.05, 0.1) is 11.1 Å². The van der Waals surface area contributed by atoms with Crippen molar-refractivity contribution in [3.8, 4) is 5.75 Å². The number of aryl methyl sites for hydroxylation is 2. The van der Waals surface area contributed by atoms with E-state index in [2.05, 4.69) is 59.6 Å². The molecule has 0 saturated carbocycles. The minimum atomic E-state index is -0.0692. The number of anilines is 1. The third kappa shape index (κ3) is 3.55. The van der Waals surface area contributed by atoms with Gasteiger partial charge >= 0.3 is 0 Å². The number of hydrogen-bond acceptors (Lipinski definition) is 6. The van der Waals surface area contributed by atoms with Gasteiger partial charge in [0.15, 0.2) is 5.82 Å². The van der Waals surface area contributed by atoms with Crippen molar-refractivity contribution < 1.29 is 4.74 Å². The Kier molecular flexibility index (Phi) is 4.93. The maximum absolute atomic E-state index is 6.31. The Balaban J connectivity index is 1.53. The molecule has 150 valence electrons. The predicted molar refractivity (Wildman–Crippen MR) is 123 cm³/mol. The summed E-state index contributed by atoms with van der Waals surface area (Å²) >= 11 is 1.70. The molecule has 5 nitrogen and oxygen atoms in total. The standard InChI is InChI=1S/C24H22N4OS/c1-3-17-12-19-23(25-14-26-24(19)30-17)28-27-20-13-22(16-7-5-4-6-8-16)29-21-10-9-15(2)11-18(20)21/h4-12,14,22H,3,13H2,1-2H3,(H,25,26,28)/b27-20-/t22-/m1/s1. The van der Waals surface area contributed by atoms with Gasteiger partial charge in [-0.05, 0) is 37.1 Å². The van der Waals surface area contributed by atoms with Gasteiger partial charge in [-0.1, -0.05) is 48.9 Å². The lowest BCUT2D eigenvalue weighted by atomic mass is 9.94. The Bertz CT molecular complexity index is 1230. The largest absolute Gasteiger partial charge is 0.485 e. The van der Waals surface area contributed by atoms with Crippen LogP contribution in [-0.2, 0) is 6.42 Å². The van der Waals surface area contributed by atoms with Crippen molar-refractivity contribution in [1.29, 1.82) is 0 Å². The van der Waals surface area contributed by atoms with E-state index in [0.717, 1.165) is 45.0 Å². The molecule has 1 aliphatic rings. The summed E-state index contributed by atoms with van der Waals surface area (Å²) in [4.78, 5) is 11.1. The van der Waals surface area contributed by atoms with Gasteiger partial charge in [0.2, 0.25) is 0 Å². The average Bonchev–Trinajstić information content (AvgIpc) is 3.22. The van der Waals surface area contributed by atoms with Crippen LogP contribution >= 0.6 is 11.3 Å². The molecule has 0 aliphatic carbocycles. The van der Waals surface area contributed by atoms with E-state index in [4.69, 9.17) is 9.84 Å². The van der Waals surface area contributed by atoms with Crippen LogP contribution in [0.5, 0.6) is 5.75 Å². The molecule has 1 N–H and O–H groups in total. The molecular weight excluding hydrogens is 392 g/mol. The highest BCUT2D eigenvalue weighted by molar-refractivity contribution is 7.18. The Morgan fingerprint density at radius 1 is 1.13 bits per heavy atom. The number of nitrogens with zero attached hydrogens (tertiary/aromatic N) is 3. The highest BCUT2D eigenvalue weighted by Gasteiger charge is 2.26. The molecule has 5 rings (SSSR count). The molecule has 0 bridgehead atoms. The first-order valence-corrected chi connectivity index (χ1v) is 10.9. The average molecular weight is 415 g/mol. The predicted octanol–water partition coefficient (Wildman–Crippen LogP) is 5.90. The van der Waals surface area contributed by atoms with Crippen LogP contribution in [0.1, 0.15) is 41.0 Å². The lowest BCUT2D eigenvalue weighted by Crippen LogP contribution is -2.22. The third-order valence-electron chi connectivity index (χ3n) is 5.29.